The molecule has 0 aromatic carbocycles. The lowest BCUT2D eigenvalue weighted by Gasteiger charge is -2.07. The SMILES string of the molecule is Cc1nc(I)ccc1C(C)N. The molecule has 2 N–H and O–H groups in total. The second kappa shape index (κ2) is 3.49. The average molecular weight is 262 g/mol. The molecule has 0 saturated heterocycles. The van der Waals surface area contributed by atoms with Crippen LogP contribution in [0, 0.1) is 10.6 Å². The van der Waals surface area contributed by atoms with Gasteiger partial charge in [-0.1, -0.05) is 6.07 Å². The molecule has 3 heteroatoms. The van der Waals surface area contributed by atoms with E-state index in [4.69, 9.17) is 5.73 Å². The van der Waals surface area contributed by atoms with Crippen LogP contribution in [0.5, 0.6) is 0 Å². The van der Waals surface area contributed by atoms with Crippen molar-refractivity contribution in [1.29, 1.82) is 0 Å². The summed E-state index contributed by atoms with van der Waals surface area (Å²) in [6, 6.07) is 4.10. The van der Waals surface area contributed by atoms with Crippen LogP contribution in [-0.4, -0.2) is 4.98 Å². The van der Waals surface area contributed by atoms with E-state index < -0.39 is 0 Å². The summed E-state index contributed by atoms with van der Waals surface area (Å²) in [6.07, 6.45) is 0. The molecule has 2 nitrogen and oxygen atoms in total. The summed E-state index contributed by atoms with van der Waals surface area (Å²) in [7, 11) is 0. The summed E-state index contributed by atoms with van der Waals surface area (Å²) in [5, 5.41) is 0. The van der Waals surface area contributed by atoms with Crippen molar-refractivity contribution in [1.82, 2.24) is 4.98 Å². The van der Waals surface area contributed by atoms with Gasteiger partial charge < -0.3 is 5.73 Å². The highest BCUT2D eigenvalue weighted by atomic mass is 127. The number of nitrogens with two attached hydrogens (primary N) is 1. The first-order chi connectivity index (χ1) is 5.11. The maximum Gasteiger partial charge on any atom is 0.101 e. The van der Waals surface area contributed by atoms with Gasteiger partial charge in [-0.3, -0.25) is 0 Å². The Morgan fingerprint density at radius 2 is 2.18 bits per heavy atom. The van der Waals surface area contributed by atoms with Crippen LogP contribution in [0.1, 0.15) is 24.2 Å². The van der Waals surface area contributed by atoms with E-state index in [1.165, 1.54) is 0 Å². The van der Waals surface area contributed by atoms with Gasteiger partial charge in [0.2, 0.25) is 0 Å². The third-order valence-corrected chi connectivity index (χ3v) is 2.18. The fraction of sp³-hybridized carbons (Fsp3) is 0.375. The standard InChI is InChI=1S/C8H11IN2/c1-5(10)7-3-4-8(9)11-6(7)2/h3-5H,10H2,1-2H3. The predicted molar refractivity (Wildman–Crippen MR) is 54.3 cm³/mol. The molecular weight excluding hydrogens is 251 g/mol. The average Bonchev–Trinajstić information content (AvgIpc) is 1.85. The molecule has 1 heterocycles. The largest absolute Gasteiger partial charge is 0.324 e. The zero-order valence-corrected chi connectivity index (χ0v) is 8.79. The predicted octanol–water partition coefficient (Wildman–Crippen LogP) is 2.01. The zero-order chi connectivity index (χ0) is 8.43. The molecule has 0 fully saturated rings. The first-order valence-electron chi connectivity index (χ1n) is 3.50. The Hall–Kier alpha value is -0.160. The first-order valence-corrected chi connectivity index (χ1v) is 4.57. The van der Waals surface area contributed by atoms with Gasteiger partial charge in [0, 0.05) is 11.7 Å². The number of rotatable bonds is 1. The topological polar surface area (TPSA) is 38.9 Å². The Morgan fingerprint density at radius 3 is 2.64 bits per heavy atom. The van der Waals surface area contributed by atoms with E-state index in [1.807, 2.05) is 26.0 Å². The van der Waals surface area contributed by atoms with Crippen LogP contribution < -0.4 is 5.73 Å². The molecule has 0 aliphatic rings. The van der Waals surface area contributed by atoms with Gasteiger partial charge in [0.25, 0.3) is 0 Å². The molecule has 0 saturated carbocycles. The fourth-order valence-corrected chi connectivity index (χ4v) is 1.56. The molecule has 0 bridgehead atoms. The molecule has 0 spiro atoms. The molecule has 1 atom stereocenters. The van der Waals surface area contributed by atoms with Crippen molar-refractivity contribution in [2.45, 2.75) is 19.9 Å². The Morgan fingerprint density at radius 1 is 1.55 bits per heavy atom. The molecule has 0 aliphatic carbocycles. The van der Waals surface area contributed by atoms with E-state index in [0.29, 0.717) is 0 Å². The molecule has 1 unspecified atom stereocenters. The lowest BCUT2D eigenvalue weighted by atomic mass is 10.1. The third-order valence-electron chi connectivity index (χ3n) is 1.58. The third kappa shape index (κ3) is 2.13. The number of hydrogen-bond donors (Lipinski definition) is 1. The zero-order valence-electron chi connectivity index (χ0n) is 6.63. The Kier molecular flexibility index (Phi) is 2.84. The van der Waals surface area contributed by atoms with E-state index in [1.54, 1.807) is 0 Å². The van der Waals surface area contributed by atoms with E-state index in [0.717, 1.165) is 15.0 Å². The van der Waals surface area contributed by atoms with Crippen molar-refractivity contribution in [2.75, 3.05) is 0 Å². The number of aryl methyl sites for hydroxylation is 1. The van der Waals surface area contributed by atoms with Gasteiger partial charge in [0.15, 0.2) is 0 Å². The van der Waals surface area contributed by atoms with Crippen molar-refractivity contribution in [2.24, 2.45) is 5.73 Å². The summed E-state index contributed by atoms with van der Waals surface area (Å²) < 4.78 is 1.02. The molecule has 1 aromatic rings. The van der Waals surface area contributed by atoms with Crippen LogP contribution in [0.25, 0.3) is 0 Å². The lowest BCUT2D eigenvalue weighted by molar-refractivity contribution is 0.798. The van der Waals surface area contributed by atoms with Crippen molar-refractivity contribution < 1.29 is 0 Å². The summed E-state index contributed by atoms with van der Waals surface area (Å²) in [4.78, 5) is 4.30. The minimum absolute atomic E-state index is 0.0829. The highest BCUT2D eigenvalue weighted by Crippen LogP contribution is 2.14. The maximum absolute atomic E-state index is 5.72. The maximum atomic E-state index is 5.72. The molecule has 1 rings (SSSR count). The molecule has 0 radical (unpaired) electrons. The van der Waals surface area contributed by atoms with Crippen LogP contribution in [0.4, 0.5) is 0 Å². The van der Waals surface area contributed by atoms with Gasteiger partial charge in [-0.15, -0.1) is 0 Å². The smallest absolute Gasteiger partial charge is 0.101 e. The van der Waals surface area contributed by atoms with Crippen LogP contribution in [0.15, 0.2) is 12.1 Å². The van der Waals surface area contributed by atoms with E-state index in [2.05, 4.69) is 27.6 Å². The van der Waals surface area contributed by atoms with E-state index >= 15 is 0 Å². The lowest BCUT2D eigenvalue weighted by Crippen LogP contribution is -2.08. The van der Waals surface area contributed by atoms with E-state index in [9.17, 15) is 0 Å². The number of hydrogen-bond acceptors (Lipinski definition) is 2. The van der Waals surface area contributed by atoms with Crippen LogP contribution in [0.2, 0.25) is 0 Å². The fourth-order valence-electron chi connectivity index (χ4n) is 1.02. The molecule has 1 aromatic heterocycles. The number of aromatic nitrogens is 1. The molecule has 0 aliphatic heterocycles. The minimum Gasteiger partial charge on any atom is -0.324 e. The molecule has 60 valence electrons. The highest BCUT2D eigenvalue weighted by molar-refractivity contribution is 14.1. The molecule has 11 heavy (non-hydrogen) atoms. The first kappa shape index (κ1) is 8.93. The summed E-state index contributed by atoms with van der Waals surface area (Å²) >= 11 is 2.19. The van der Waals surface area contributed by atoms with Gasteiger partial charge in [0.1, 0.15) is 3.70 Å². The van der Waals surface area contributed by atoms with Crippen LogP contribution >= 0.6 is 22.6 Å². The summed E-state index contributed by atoms with van der Waals surface area (Å²) in [5.74, 6) is 0. The molecular formula is C8H11IN2. The van der Waals surface area contributed by atoms with Gasteiger partial charge in [0.05, 0.1) is 0 Å². The number of halogens is 1. The van der Waals surface area contributed by atoms with Crippen LogP contribution in [0.3, 0.4) is 0 Å². The summed E-state index contributed by atoms with van der Waals surface area (Å²) in [6.45, 7) is 3.96. The van der Waals surface area contributed by atoms with Gasteiger partial charge in [-0.25, -0.2) is 4.98 Å². The van der Waals surface area contributed by atoms with Gasteiger partial charge >= 0.3 is 0 Å². The number of pyridine rings is 1. The second-order valence-electron chi connectivity index (χ2n) is 2.60. The van der Waals surface area contributed by atoms with Crippen molar-refractivity contribution >= 4 is 22.6 Å². The second-order valence-corrected chi connectivity index (χ2v) is 3.70. The summed E-state index contributed by atoms with van der Waals surface area (Å²) in [5.41, 5.74) is 7.89. The van der Waals surface area contributed by atoms with Crippen molar-refractivity contribution in [3.63, 3.8) is 0 Å². The van der Waals surface area contributed by atoms with Gasteiger partial charge in [-0.05, 0) is 48.1 Å². The normalized spacial score (nSPS) is 13.1. The van der Waals surface area contributed by atoms with E-state index in [-0.39, 0.29) is 6.04 Å². The monoisotopic (exact) mass is 262 g/mol. The Bertz CT molecular complexity index is 258. The highest BCUT2D eigenvalue weighted by Gasteiger charge is 2.03. The number of nitrogens with zero attached hydrogens (tertiary/aromatic N) is 1. The van der Waals surface area contributed by atoms with Crippen molar-refractivity contribution in [3.8, 4) is 0 Å². The van der Waals surface area contributed by atoms with Crippen molar-refractivity contribution in [3.05, 3.63) is 27.1 Å². The Balaban J connectivity index is 3.09. The van der Waals surface area contributed by atoms with Crippen LogP contribution in [-0.2, 0) is 0 Å². The Labute approximate surface area is 80.3 Å². The van der Waals surface area contributed by atoms with Gasteiger partial charge in [-0.2, -0.15) is 0 Å². The molecule has 0 amide bonds. The minimum atomic E-state index is 0.0829. The quantitative estimate of drug-likeness (QED) is 0.621.